The molecular formula is C24H22N2O3S2. The molecule has 1 aromatic heterocycles. The SMILES string of the molecule is COc1ccc2nc(-c3ccc(NS(=O)(=O)c4ccc5c(c4)CCCC5)cc3)sc2c1. The van der Waals surface area contributed by atoms with E-state index in [4.69, 9.17) is 4.74 Å². The average Bonchev–Trinajstić information content (AvgIpc) is 3.22. The Morgan fingerprint density at radius 1 is 0.935 bits per heavy atom. The third-order valence-corrected chi connectivity index (χ3v) is 8.06. The fourth-order valence-electron chi connectivity index (χ4n) is 3.93. The van der Waals surface area contributed by atoms with Gasteiger partial charge in [0.05, 0.1) is 22.2 Å². The van der Waals surface area contributed by atoms with Crippen molar-refractivity contribution in [2.24, 2.45) is 0 Å². The lowest BCUT2D eigenvalue weighted by Gasteiger charge is -2.17. The van der Waals surface area contributed by atoms with Gasteiger partial charge in [0.15, 0.2) is 0 Å². The molecule has 0 saturated carbocycles. The minimum absolute atomic E-state index is 0.317. The highest BCUT2D eigenvalue weighted by Gasteiger charge is 2.18. The number of fused-ring (bicyclic) bond motifs is 2. The number of anilines is 1. The first-order valence-electron chi connectivity index (χ1n) is 10.2. The number of nitrogens with zero attached hydrogens (tertiary/aromatic N) is 1. The number of aromatic nitrogens is 1. The molecule has 0 saturated heterocycles. The highest BCUT2D eigenvalue weighted by molar-refractivity contribution is 7.92. The van der Waals surface area contributed by atoms with Gasteiger partial charge in [-0.25, -0.2) is 13.4 Å². The van der Waals surface area contributed by atoms with E-state index in [1.807, 2.05) is 42.5 Å². The Hall–Kier alpha value is -2.90. The maximum atomic E-state index is 12.9. The van der Waals surface area contributed by atoms with E-state index in [-0.39, 0.29) is 0 Å². The molecule has 0 radical (unpaired) electrons. The summed E-state index contributed by atoms with van der Waals surface area (Å²) in [6, 6.07) is 18.6. The van der Waals surface area contributed by atoms with Crippen LogP contribution in [0.25, 0.3) is 20.8 Å². The van der Waals surface area contributed by atoms with Crippen LogP contribution in [0.2, 0.25) is 0 Å². The number of nitrogens with one attached hydrogen (secondary N) is 1. The molecule has 1 heterocycles. The van der Waals surface area contributed by atoms with Gasteiger partial charge in [0.25, 0.3) is 10.0 Å². The van der Waals surface area contributed by atoms with Gasteiger partial charge in [-0.1, -0.05) is 6.07 Å². The number of rotatable bonds is 5. The second-order valence-electron chi connectivity index (χ2n) is 7.67. The number of ether oxygens (including phenoxy) is 1. The van der Waals surface area contributed by atoms with Gasteiger partial charge in [-0.05, 0) is 91.4 Å². The molecule has 3 aromatic carbocycles. The molecule has 7 heteroatoms. The molecule has 0 aliphatic heterocycles. The number of thiazole rings is 1. The summed E-state index contributed by atoms with van der Waals surface area (Å²) in [5.74, 6) is 0.801. The molecule has 1 aliphatic carbocycles. The summed E-state index contributed by atoms with van der Waals surface area (Å²) in [6.45, 7) is 0. The van der Waals surface area contributed by atoms with E-state index in [2.05, 4.69) is 9.71 Å². The summed E-state index contributed by atoms with van der Waals surface area (Å²) in [5, 5.41) is 0.882. The van der Waals surface area contributed by atoms with Gasteiger partial charge in [0, 0.05) is 11.3 Å². The second kappa shape index (κ2) is 7.98. The fraction of sp³-hybridized carbons (Fsp3) is 0.208. The van der Waals surface area contributed by atoms with E-state index >= 15 is 0 Å². The molecule has 0 fully saturated rings. The standard InChI is InChI=1S/C24H22N2O3S2/c1-29-20-11-13-22-23(15-20)30-24(25-22)17-6-9-19(10-7-17)26-31(27,28)21-12-8-16-4-2-3-5-18(16)14-21/h6-15,26H,2-5H2,1H3. The van der Waals surface area contributed by atoms with Crippen LogP contribution < -0.4 is 9.46 Å². The van der Waals surface area contributed by atoms with E-state index in [1.165, 1.54) is 12.0 Å². The second-order valence-corrected chi connectivity index (χ2v) is 10.4. The van der Waals surface area contributed by atoms with Crippen molar-refractivity contribution in [3.05, 3.63) is 71.8 Å². The van der Waals surface area contributed by atoms with Crippen molar-refractivity contribution in [2.45, 2.75) is 30.6 Å². The topological polar surface area (TPSA) is 68.3 Å². The first kappa shape index (κ1) is 20.0. The molecule has 1 N–H and O–H groups in total. The van der Waals surface area contributed by atoms with Gasteiger partial charge >= 0.3 is 0 Å². The predicted octanol–water partition coefficient (Wildman–Crippen LogP) is 5.65. The zero-order chi connectivity index (χ0) is 21.4. The maximum absolute atomic E-state index is 12.9. The highest BCUT2D eigenvalue weighted by Crippen LogP contribution is 2.33. The van der Waals surface area contributed by atoms with Gasteiger partial charge in [-0.15, -0.1) is 11.3 Å². The summed E-state index contributed by atoms with van der Waals surface area (Å²) in [5.41, 5.74) is 4.80. The van der Waals surface area contributed by atoms with Crippen molar-refractivity contribution < 1.29 is 13.2 Å². The van der Waals surface area contributed by atoms with Crippen molar-refractivity contribution in [3.63, 3.8) is 0 Å². The third kappa shape index (κ3) is 4.03. The first-order chi connectivity index (χ1) is 15.0. The van der Waals surface area contributed by atoms with E-state index < -0.39 is 10.0 Å². The number of hydrogen-bond acceptors (Lipinski definition) is 5. The third-order valence-electron chi connectivity index (χ3n) is 5.61. The zero-order valence-electron chi connectivity index (χ0n) is 17.1. The first-order valence-corrected chi connectivity index (χ1v) is 12.5. The number of benzene rings is 3. The van der Waals surface area contributed by atoms with E-state index in [9.17, 15) is 8.42 Å². The summed E-state index contributed by atoms with van der Waals surface area (Å²) in [6.07, 6.45) is 4.26. The fourth-order valence-corrected chi connectivity index (χ4v) is 6.04. The lowest BCUT2D eigenvalue weighted by molar-refractivity contribution is 0.415. The average molecular weight is 451 g/mol. The van der Waals surface area contributed by atoms with Crippen molar-refractivity contribution >= 4 is 37.3 Å². The highest BCUT2D eigenvalue weighted by atomic mass is 32.2. The minimum atomic E-state index is -3.63. The predicted molar refractivity (Wildman–Crippen MR) is 126 cm³/mol. The lowest BCUT2D eigenvalue weighted by Crippen LogP contribution is -2.14. The van der Waals surface area contributed by atoms with Crippen LogP contribution in [0.5, 0.6) is 5.75 Å². The Morgan fingerprint density at radius 2 is 1.71 bits per heavy atom. The Bertz CT molecular complexity index is 1360. The summed E-state index contributed by atoms with van der Waals surface area (Å²) in [7, 11) is -1.98. The van der Waals surface area contributed by atoms with Crippen LogP contribution in [-0.4, -0.2) is 20.5 Å². The van der Waals surface area contributed by atoms with Gasteiger partial charge in [-0.2, -0.15) is 0 Å². The minimum Gasteiger partial charge on any atom is -0.497 e. The molecule has 0 bridgehead atoms. The van der Waals surface area contributed by atoms with E-state index in [0.29, 0.717) is 10.6 Å². The summed E-state index contributed by atoms with van der Waals surface area (Å²) < 4.78 is 34.8. The Kier molecular flexibility index (Phi) is 5.16. The van der Waals surface area contributed by atoms with Crippen LogP contribution in [0.4, 0.5) is 5.69 Å². The monoisotopic (exact) mass is 450 g/mol. The van der Waals surface area contributed by atoms with Crippen LogP contribution >= 0.6 is 11.3 Å². The smallest absolute Gasteiger partial charge is 0.261 e. The molecule has 5 nitrogen and oxygen atoms in total. The zero-order valence-corrected chi connectivity index (χ0v) is 18.7. The Morgan fingerprint density at radius 3 is 2.48 bits per heavy atom. The summed E-state index contributed by atoms with van der Waals surface area (Å²) >= 11 is 1.58. The number of methoxy groups -OCH3 is 1. The molecule has 0 spiro atoms. The molecule has 5 rings (SSSR count). The van der Waals surface area contributed by atoms with Gasteiger partial charge in [0.2, 0.25) is 0 Å². The Labute approximate surface area is 185 Å². The molecule has 31 heavy (non-hydrogen) atoms. The van der Waals surface area contributed by atoms with Crippen LogP contribution in [0.15, 0.2) is 65.6 Å². The van der Waals surface area contributed by atoms with Crippen LogP contribution in [-0.2, 0) is 22.9 Å². The molecule has 0 amide bonds. The quantitative estimate of drug-likeness (QED) is 0.426. The molecule has 0 atom stereocenters. The molecular weight excluding hydrogens is 428 g/mol. The van der Waals surface area contributed by atoms with Crippen molar-refractivity contribution in [1.82, 2.24) is 4.98 Å². The molecule has 158 valence electrons. The van der Waals surface area contributed by atoms with Gasteiger partial charge in [0.1, 0.15) is 10.8 Å². The number of sulfonamides is 1. The normalized spacial score (nSPS) is 13.7. The summed E-state index contributed by atoms with van der Waals surface area (Å²) in [4.78, 5) is 4.99. The largest absolute Gasteiger partial charge is 0.497 e. The van der Waals surface area contributed by atoms with Crippen LogP contribution in [0.1, 0.15) is 24.0 Å². The van der Waals surface area contributed by atoms with Crippen LogP contribution in [0.3, 0.4) is 0 Å². The molecule has 4 aromatic rings. The Balaban J connectivity index is 1.37. The maximum Gasteiger partial charge on any atom is 0.261 e. The van der Waals surface area contributed by atoms with Gasteiger partial charge < -0.3 is 4.74 Å². The lowest BCUT2D eigenvalue weighted by atomic mass is 9.92. The van der Waals surface area contributed by atoms with Crippen LogP contribution in [0, 0.1) is 0 Å². The molecule has 1 aliphatic rings. The number of aryl methyl sites for hydroxylation is 2. The molecule has 0 unspecified atom stereocenters. The van der Waals surface area contributed by atoms with Gasteiger partial charge in [-0.3, -0.25) is 4.72 Å². The van der Waals surface area contributed by atoms with Crippen molar-refractivity contribution in [1.29, 1.82) is 0 Å². The van der Waals surface area contributed by atoms with E-state index in [1.54, 1.807) is 36.6 Å². The van der Waals surface area contributed by atoms with Crippen molar-refractivity contribution in [2.75, 3.05) is 11.8 Å². The van der Waals surface area contributed by atoms with Crippen molar-refractivity contribution in [3.8, 4) is 16.3 Å². The van der Waals surface area contributed by atoms with E-state index in [0.717, 1.165) is 51.4 Å². The number of hydrogen-bond donors (Lipinski definition) is 1.